The number of aromatic nitrogens is 2. The van der Waals surface area contributed by atoms with E-state index in [1.165, 1.54) is 19.2 Å². The van der Waals surface area contributed by atoms with E-state index in [0.717, 1.165) is 13.0 Å². The van der Waals surface area contributed by atoms with Crippen LogP contribution < -0.4 is 10.1 Å². The predicted molar refractivity (Wildman–Crippen MR) is 68.9 cm³/mol. The molecule has 1 N–H and O–H groups in total. The van der Waals surface area contributed by atoms with Gasteiger partial charge < -0.3 is 10.1 Å². The van der Waals surface area contributed by atoms with Gasteiger partial charge in [-0.2, -0.15) is 0 Å². The van der Waals surface area contributed by atoms with Crippen LogP contribution in [-0.4, -0.2) is 23.2 Å². The first-order valence-electron chi connectivity index (χ1n) is 5.86. The van der Waals surface area contributed by atoms with E-state index in [0.29, 0.717) is 17.4 Å². The van der Waals surface area contributed by atoms with Crippen LogP contribution in [0.1, 0.15) is 13.3 Å². The summed E-state index contributed by atoms with van der Waals surface area (Å²) >= 11 is 0. The second-order valence-corrected chi connectivity index (χ2v) is 3.90. The summed E-state index contributed by atoms with van der Waals surface area (Å²) in [6.07, 6.45) is 4.46. The van der Waals surface area contributed by atoms with Crippen LogP contribution in [0.4, 0.5) is 10.3 Å². The quantitative estimate of drug-likeness (QED) is 0.885. The molecule has 1 aromatic heterocycles. The Morgan fingerprint density at radius 3 is 2.94 bits per heavy atom. The summed E-state index contributed by atoms with van der Waals surface area (Å²) in [6, 6.07) is 4.56. The molecule has 0 aliphatic carbocycles. The summed E-state index contributed by atoms with van der Waals surface area (Å²) in [7, 11) is 1.52. The van der Waals surface area contributed by atoms with Gasteiger partial charge in [0.25, 0.3) is 0 Å². The summed E-state index contributed by atoms with van der Waals surface area (Å²) < 4.78 is 20.3. The molecule has 4 nitrogen and oxygen atoms in total. The lowest BCUT2D eigenvalue weighted by molar-refractivity contribution is 0.411. The first kappa shape index (κ1) is 12.4. The molecule has 18 heavy (non-hydrogen) atoms. The van der Waals surface area contributed by atoms with Crippen LogP contribution in [0.5, 0.6) is 5.75 Å². The lowest BCUT2D eigenvalue weighted by Gasteiger charge is -2.10. The number of nitrogens with zero attached hydrogens (tertiary/aromatic N) is 2. The standard InChI is InChI=1S/C13H16FN3O/c1-3-4-15-13-16-5-6-17(13)11-7-10(14)8-12(9-11)18-2/h5-9H,3-4H2,1-2H3,(H,15,16). The zero-order valence-corrected chi connectivity index (χ0v) is 10.5. The van der Waals surface area contributed by atoms with E-state index in [-0.39, 0.29) is 5.82 Å². The van der Waals surface area contributed by atoms with E-state index in [1.807, 2.05) is 0 Å². The molecule has 0 unspecified atom stereocenters. The fourth-order valence-corrected chi connectivity index (χ4v) is 1.68. The number of hydrogen-bond acceptors (Lipinski definition) is 3. The van der Waals surface area contributed by atoms with E-state index in [1.54, 1.807) is 23.0 Å². The van der Waals surface area contributed by atoms with Gasteiger partial charge in [0, 0.05) is 31.1 Å². The molecular formula is C13H16FN3O. The molecule has 96 valence electrons. The number of anilines is 1. The highest BCUT2D eigenvalue weighted by Crippen LogP contribution is 2.21. The summed E-state index contributed by atoms with van der Waals surface area (Å²) in [5.74, 6) is 0.851. The van der Waals surface area contributed by atoms with Gasteiger partial charge in [-0.1, -0.05) is 6.92 Å². The van der Waals surface area contributed by atoms with Crippen molar-refractivity contribution in [3.63, 3.8) is 0 Å². The predicted octanol–water partition coefficient (Wildman–Crippen LogP) is 2.84. The molecular weight excluding hydrogens is 233 g/mol. The fraction of sp³-hybridized carbons (Fsp3) is 0.308. The van der Waals surface area contributed by atoms with Crippen molar-refractivity contribution in [2.45, 2.75) is 13.3 Å². The first-order chi connectivity index (χ1) is 8.74. The summed E-state index contributed by atoms with van der Waals surface area (Å²) in [5, 5.41) is 3.19. The molecule has 0 radical (unpaired) electrons. The highest BCUT2D eigenvalue weighted by Gasteiger charge is 2.07. The van der Waals surface area contributed by atoms with Gasteiger partial charge in [0.05, 0.1) is 12.8 Å². The second-order valence-electron chi connectivity index (χ2n) is 3.90. The van der Waals surface area contributed by atoms with Gasteiger partial charge >= 0.3 is 0 Å². The first-order valence-corrected chi connectivity index (χ1v) is 5.86. The zero-order valence-electron chi connectivity index (χ0n) is 10.5. The van der Waals surface area contributed by atoms with Gasteiger partial charge in [-0.25, -0.2) is 9.37 Å². The van der Waals surface area contributed by atoms with E-state index < -0.39 is 0 Å². The molecule has 0 aliphatic heterocycles. The number of halogens is 1. The van der Waals surface area contributed by atoms with E-state index >= 15 is 0 Å². The molecule has 2 rings (SSSR count). The number of benzene rings is 1. The Morgan fingerprint density at radius 1 is 1.39 bits per heavy atom. The zero-order chi connectivity index (χ0) is 13.0. The number of ether oxygens (including phenoxy) is 1. The Bertz CT molecular complexity index is 525. The molecule has 1 aromatic carbocycles. The van der Waals surface area contributed by atoms with Gasteiger partial charge in [-0.05, 0) is 12.5 Å². The second kappa shape index (κ2) is 5.53. The molecule has 0 spiro atoms. The van der Waals surface area contributed by atoms with Gasteiger partial charge in [-0.15, -0.1) is 0 Å². The maximum absolute atomic E-state index is 13.5. The van der Waals surface area contributed by atoms with Gasteiger partial charge in [-0.3, -0.25) is 4.57 Å². The van der Waals surface area contributed by atoms with Gasteiger partial charge in [0.15, 0.2) is 0 Å². The molecule has 0 bridgehead atoms. The van der Waals surface area contributed by atoms with Crippen molar-refractivity contribution in [2.24, 2.45) is 0 Å². The summed E-state index contributed by atoms with van der Waals surface area (Å²) in [6.45, 7) is 2.90. The molecule has 1 heterocycles. The molecule has 2 aromatic rings. The van der Waals surface area contributed by atoms with Crippen LogP contribution >= 0.6 is 0 Å². The minimum atomic E-state index is -0.334. The SMILES string of the molecule is CCCNc1nccn1-c1cc(F)cc(OC)c1. The van der Waals surface area contributed by atoms with Crippen molar-refractivity contribution in [3.8, 4) is 11.4 Å². The third-order valence-electron chi connectivity index (χ3n) is 2.54. The minimum absolute atomic E-state index is 0.334. The number of hydrogen-bond donors (Lipinski definition) is 1. The van der Waals surface area contributed by atoms with Crippen LogP contribution in [0.3, 0.4) is 0 Å². The third kappa shape index (κ3) is 2.61. The minimum Gasteiger partial charge on any atom is -0.497 e. The lowest BCUT2D eigenvalue weighted by Crippen LogP contribution is -2.07. The number of rotatable bonds is 5. The van der Waals surface area contributed by atoms with Crippen molar-refractivity contribution >= 4 is 5.95 Å². The highest BCUT2D eigenvalue weighted by molar-refractivity contribution is 5.45. The van der Waals surface area contributed by atoms with Crippen molar-refractivity contribution in [1.29, 1.82) is 0 Å². The Morgan fingerprint density at radius 2 is 2.22 bits per heavy atom. The number of imidazole rings is 1. The maximum Gasteiger partial charge on any atom is 0.207 e. The van der Waals surface area contributed by atoms with Crippen LogP contribution in [0, 0.1) is 5.82 Å². The average Bonchev–Trinajstić information content (AvgIpc) is 2.83. The topological polar surface area (TPSA) is 39.1 Å². The summed E-state index contributed by atoms with van der Waals surface area (Å²) in [4.78, 5) is 4.20. The summed E-state index contributed by atoms with van der Waals surface area (Å²) in [5.41, 5.74) is 0.683. The molecule has 0 saturated carbocycles. The van der Waals surface area contributed by atoms with Crippen molar-refractivity contribution in [3.05, 3.63) is 36.4 Å². The van der Waals surface area contributed by atoms with Crippen LogP contribution in [0.25, 0.3) is 5.69 Å². The van der Waals surface area contributed by atoms with Crippen LogP contribution in [0.15, 0.2) is 30.6 Å². The number of nitrogens with one attached hydrogen (secondary N) is 1. The average molecular weight is 249 g/mol. The third-order valence-corrected chi connectivity index (χ3v) is 2.54. The van der Waals surface area contributed by atoms with Crippen LogP contribution in [0.2, 0.25) is 0 Å². The number of methoxy groups -OCH3 is 1. The molecule has 0 saturated heterocycles. The van der Waals surface area contributed by atoms with Crippen molar-refractivity contribution in [2.75, 3.05) is 19.0 Å². The Balaban J connectivity index is 2.36. The smallest absolute Gasteiger partial charge is 0.207 e. The molecule has 0 amide bonds. The largest absolute Gasteiger partial charge is 0.497 e. The van der Waals surface area contributed by atoms with E-state index in [4.69, 9.17) is 4.74 Å². The van der Waals surface area contributed by atoms with Crippen molar-refractivity contribution < 1.29 is 9.13 Å². The monoisotopic (exact) mass is 249 g/mol. The van der Waals surface area contributed by atoms with Gasteiger partial charge in [0.2, 0.25) is 5.95 Å². The normalized spacial score (nSPS) is 10.4. The Labute approximate surface area is 105 Å². The van der Waals surface area contributed by atoms with Crippen LogP contribution in [-0.2, 0) is 0 Å². The Hall–Kier alpha value is -2.04. The lowest BCUT2D eigenvalue weighted by atomic mass is 10.3. The van der Waals surface area contributed by atoms with E-state index in [2.05, 4.69) is 17.2 Å². The maximum atomic E-state index is 13.5. The Kier molecular flexibility index (Phi) is 3.82. The molecule has 0 atom stereocenters. The molecule has 0 aliphatic rings. The highest BCUT2D eigenvalue weighted by atomic mass is 19.1. The van der Waals surface area contributed by atoms with Gasteiger partial charge in [0.1, 0.15) is 11.6 Å². The van der Waals surface area contributed by atoms with Crippen molar-refractivity contribution in [1.82, 2.24) is 9.55 Å². The molecule has 0 fully saturated rings. The fourth-order valence-electron chi connectivity index (χ4n) is 1.68. The van der Waals surface area contributed by atoms with E-state index in [9.17, 15) is 4.39 Å². The molecule has 5 heteroatoms.